The van der Waals surface area contributed by atoms with Gasteiger partial charge in [-0.05, 0) is 48.9 Å². The molecule has 1 amide bonds. The van der Waals surface area contributed by atoms with Gasteiger partial charge in [-0.25, -0.2) is 9.37 Å². The Kier molecular flexibility index (Phi) is 7.17. The molecule has 7 nitrogen and oxygen atoms in total. The number of hydrogen-bond donors (Lipinski definition) is 0. The topological polar surface area (TPSA) is 75.1 Å². The predicted octanol–water partition coefficient (Wildman–Crippen LogP) is 5.76. The minimum atomic E-state index is -4.53. The lowest BCUT2D eigenvalue weighted by Crippen LogP contribution is -2.37. The van der Waals surface area contributed by atoms with E-state index < -0.39 is 17.6 Å². The molecule has 4 heterocycles. The molecular formula is C27H21ClF4N6O. The number of amides is 1. The van der Waals surface area contributed by atoms with E-state index in [-0.39, 0.29) is 17.6 Å². The molecule has 5 rings (SSSR count). The van der Waals surface area contributed by atoms with E-state index in [4.69, 9.17) is 16.6 Å². The normalized spacial score (nSPS) is 15.4. The van der Waals surface area contributed by atoms with Crippen molar-refractivity contribution in [1.82, 2.24) is 24.8 Å². The zero-order valence-corrected chi connectivity index (χ0v) is 21.3. The summed E-state index contributed by atoms with van der Waals surface area (Å²) in [5.41, 5.74) is 1.29. The Bertz CT molecular complexity index is 1500. The van der Waals surface area contributed by atoms with E-state index in [1.54, 1.807) is 35.5 Å². The number of rotatable bonds is 5. The molecule has 39 heavy (non-hydrogen) atoms. The lowest BCUT2D eigenvalue weighted by Gasteiger charge is -2.26. The maximum Gasteiger partial charge on any atom is 0.417 e. The Hall–Kier alpha value is -4.12. The van der Waals surface area contributed by atoms with Gasteiger partial charge in [0.05, 0.1) is 22.5 Å². The number of benzene rings is 1. The number of anilines is 1. The third-order valence-corrected chi connectivity index (χ3v) is 6.88. The van der Waals surface area contributed by atoms with Crippen LogP contribution >= 0.6 is 11.6 Å². The van der Waals surface area contributed by atoms with Crippen LogP contribution in [0.1, 0.15) is 22.5 Å². The molecule has 4 aromatic rings. The van der Waals surface area contributed by atoms with Crippen LogP contribution < -0.4 is 4.90 Å². The number of aromatic nitrogens is 4. The second-order valence-electron chi connectivity index (χ2n) is 9.02. The number of hydrogen-bond acceptors (Lipinski definition) is 6. The zero-order valence-electron chi connectivity index (χ0n) is 20.5. The van der Waals surface area contributed by atoms with Crippen molar-refractivity contribution >= 4 is 23.3 Å². The predicted molar refractivity (Wildman–Crippen MR) is 138 cm³/mol. The number of nitrogens with zero attached hydrogens (tertiary/aromatic N) is 6. The Balaban J connectivity index is 1.39. The summed E-state index contributed by atoms with van der Waals surface area (Å²) >= 11 is 6.43. The van der Waals surface area contributed by atoms with Crippen molar-refractivity contribution in [2.45, 2.75) is 18.6 Å². The highest BCUT2D eigenvalue weighted by Crippen LogP contribution is 2.35. The molecule has 3 aromatic heterocycles. The fourth-order valence-electron chi connectivity index (χ4n) is 4.40. The van der Waals surface area contributed by atoms with Crippen LogP contribution in [0.3, 0.4) is 0 Å². The number of likely N-dealkylation sites (N-methyl/N-ethyl adjacent to an activating group) is 1. The highest BCUT2D eigenvalue weighted by molar-refractivity contribution is 6.33. The molecule has 1 fully saturated rings. The average molecular weight is 557 g/mol. The lowest BCUT2D eigenvalue weighted by atomic mass is 10.0. The van der Waals surface area contributed by atoms with Gasteiger partial charge in [0.1, 0.15) is 23.0 Å². The summed E-state index contributed by atoms with van der Waals surface area (Å²) in [6.45, 7) is 0.728. The van der Waals surface area contributed by atoms with E-state index in [9.17, 15) is 22.4 Å². The van der Waals surface area contributed by atoms with Crippen LogP contribution in [0.5, 0.6) is 0 Å². The standard InChI is InChI=1S/C27H21ClF4N6O/c1-37(19-9-11-38(15-19)26(39)22-7-4-17(12-34-22)27(30,31)32)23-14-35-24(16-2-5-18(29)6-3-16)25(36-23)20-8-10-33-13-21(20)28/h2-8,10,12-14,19H,9,11,15H2,1H3/t19-/m0/s1. The number of halogens is 5. The molecule has 0 unspecified atom stereocenters. The largest absolute Gasteiger partial charge is 0.417 e. The zero-order chi connectivity index (χ0) is 27.7. The Labute approximate surface area is 226 Å². The molecular weight excluding hydrogens is 536 g/mol. The monoisotopic (exact) mass is 556 g/mol. The number of pyridine rings is 2. The van der Waals surface area contributed by atoms with Gasteiger partial charge in [0.2, 0.25) is 0 Å². The van der Waals surface area contributed by atoms with Crippen LogP contribution in [-0.2, 0) is 6.18 Å². The first-order valence-corrected chi connectivity index (χ1v) is 12.3. The number of likely N-dealkylation sites (tertiary alicyclic amines) is 1. The third-order valence-electron chi connectivity index (χ3n) is 6.57. The van der Waals surface area contributed by atoms with Crippen molar-refractivity contribution in [3.05, 3.63) is 89.3 Å². The average Bonchev–Trinajstić information content (AvgIpc) is 3.43. The van der Waals surface area contributed by atoms with Gasteiger partial charge in [0.15, 0.2) is 0 Å². The molecule has 200 valence electrons. The van der Waals surface area contributed by atoms with Crippen LogP contribution in [0.25, 0.3) is 22.5 Å². The Morgan fingerprint density at radius 2 is 1.79 bits per heavy atom. The summed E-state index contributed by atoms with van der Waals surface area (Å²) in [5.74, 6) is -0.296. The van der Waals surface area contributed by atoms with Gasteiger partial charge in [0.25, 0.3) is 5.91 Å². The van der Waals surface area contributed by atoms with Crippen molar-refractivity contribution in [3.8, 4) is 22.5 Å². The van der Waals surface area contributed by atoms with Crippen LogP contribution in [-0.4, -0.2) is 56.9 Å². The van der Waals surface area contributed by atoms with Gasteiger partial charge in [-0.1, -0.05) is 11.6 Å². The molecule has 12 heteroatoms. The highest BCUT2D eigenvalue weighted by Gasteiger charge is 2.33. The van der Waals surface area contributed by atoms with E-state index in [0.717, 1.165) is 12.1 Å². The van der Waals surface area contributed by atoms with E-state index >= 15 is 0 Å². The first-order chi connectivity index (χ1) is 18.6. The van der Waals surface area contributed by atoms with E-state index in [2.05, 4.69) is 15.0 Å². The number of carbonyl (C=O) groups is 1. The molecule has 1 atom stereocenters. The van der Waals surface area contributed by atoms with E-state index in [1.165, 1.54) is 18.3 Å². The maximum atomic E-state index is 13.5. The molecule has 1 saturated heterocycles. The quantitative estimate of drug-likeness (QED) is 0.291. The van der Waals surface area contributed by atoms with Gasteiger partial charge >= 0.3 is 6.18 Å². The van der Waals surface area contributed by atoms with Crippen LogP contribution in [0, 0.1) is 5.82 Å². The Morgan fingerprint density at radius 1 is 1.03 bits per heavy atom. The second-order valence-corrected chi connectivity index (χ2v) is 9.43. The molecule has 0 radical (unpaired) electrons. The van der Waals surface area contributed by atoms with Gasteiger partial charge < -0.3 is 9.80 Å². The van der Waals surface area contributed by atoms with Crippen LogP contribution in [0.15, 0.2) is 67.3 Å². The van der Waals surface area contributed by atoms with Crippen molar-refractivity contribution in [2.24, 2.45) is 0 Å². The van der Waals surface area contributed by atoms with Crippen molar-refractivity contribution in [1.29, 1.82) is 0 Å². The molecule has 0 bridgehead atoms. The van der Waals surface area contributed by atoms with Gasteiger partial charge in [-0.2, -0.15) is 13.2 Å². The van der Waals surface area contributed by atoms with E-state index in [1.807, 2.05) is 11.9 Å². The van der Waals surface area contributed by atoms with E-state index in [0.29, 0.717) is 59.1 Å². The fraction of sp³-hybridized carbons (Fsp3) is 0.222. The van der Waals surface area contributed by atoms with Crippen LogP contribution in [0.2, 0.25) is 5.02 Å². The van der Waals surface area contributed by atoms with Crippen molar-refractivity contribution < 1.29 is 22.4 Å². The smallest absolute Gasteiger partial charge is 0.354 e. The maximum absolute atomic E-state index is 13.5. The van der Waals surface area contributed by atoms with Gasteiger partial charge in [-0.15, -0.1) is 0 Å². The summed E-state index contributed by atoms with van der Waals surface area (Å²) in [6, 6.07) is 9.42. The summed E-state index contributed by atoms with van der Waals surface area (Å²) in [5, 5.41) is 0.372. The van der Waals surface area contributed by atoms with Gasteiger partial charge in [0, 0.05) is 55.9 Å². The molecule has 0 N–H and O–H groups in total. The summed E-state index contributed by atoms with van der Waals surface area (Å²) in [6.07, 6.45) is 1.43. The SMILES string of the molecule is CN(c1cnc(-c2ccc(F)cc2)c(-c2ccncc2Cl)n1)[C@H]1CCN(C(=O)c2ccc(C(F)(F)F)cn2)C1. The highest BCUT2D eigenvalue weighted by atomic mass is 35.5. The van der Waals surface area contributed by atoms with Gasteiger partial charge in [-0.3, -0.25) is 19.7 Å². The minimum absolute atomic E-state index is 0.0515. The molecule has 0 aliphatic carbocycles. The number of alkyl halides is 3. The van der Waals surface area contributed by atoms with Crippen LogP contribution in [0.4, 0.5) is 23.4 Å². The lowest BCUT2D eigenvalue weighted by molar-refractivity contribution is -0.137. The summed E-state index contributed by atoms with van der Waals surface area (Å²) in [4.78, 5) is 33.6. The Morgan fingerprint density at radius 3 is 2.46 bits per heavy atom. The molecule has 1 aliphatic heterocycles. The van der Waals surface area contributed by atoms with Crippen molar-refractivity contribution in [3.63, 3.8) is 0 Å². The molecule has 1 aliphatic rings. The minimum Gasteiger partial charge on any atom is -0.354 e. The number of carbonyl (C=O) groups excluding carboxylic acids is 1. The summed E-state index contributed by atoms with van der Waals surface area (Å²) < 4.78 is 52.1. The molecule has 1 aromatic carbocycles. The first kappa shape index (κ1) is 26.5. The summed E-state index contributed by atoms with van der Waals surface area (Å²) in [7, 11) is 1.83. The second kappa shape index (κ2) is 10.6. The fourth-order valence-corrected chi connectivity index (χ4v) is 4.61. The van der Waals surface area contributed by atoms with Crippen molar-refractivity contribution in [2.75, 3.05) is 25.0 Å². The first-order valence-electron chi connectivity index (χ1n) is 11.9. The molecule has 0 saturated carbocycles. The third kappa shape index (κ3) is 5.53. The molecule has 0 spiro atoms.